The summed E-state index contributed by atoms with van der Waals surface area (Å²) >= 11 is 1.29. The number of amides is 2. The van der Waals surface area contributed by atoms with E-state index in [-0.39, 0.29) is 11.5 Å². The van der Waals surface area contributed by atoms with E-state index in [1.165, 1.54) is 17.4 Å². The molecule has 2 N–H and O–H groups in total. The summed E-state index contributed by atoms with van der Waals surface area (Å²) in [7, 11) is 0. The van der Waals surface area contributed by atoms with Crippen molar-refractivity contribution in [3.63, 3.8) is 0 Å². The fourth-order valence-corrected chi connectivity index (χ4v) is 3.63. The number of esters is 1. The molecule has 1 aromatic heterocycles. The van der Waals surface area contributed by atoms with Crippen LogP contribution in [0.3, 0.4) is 0 Å². The third-order valence-electron chi connectivity index (χ3n) is 4.51. The molecular formula is C23H20N2O6S. The molecule has 32 heavy (non-hydrogen) atoms. The Balaban J connectivity index is 1.35. The topological polar surface area (TPSA) is 103 Å². The number of anilines is 2. The highest BCUT2D eigenvalue weighted by atomic mass is 32.1. The van der Waals surface area contributed by atoms with Crippen LogP contribution in [-0.2, 0) is 9.53 Å². The summed E-state index contributed by atoms with van der Waals surface area (Å²) in [5, 5.41) is 7.15. The Kier molecular flexibility index (Phi) is 6.66. The number of benzene rings is 2. The zero-order valence-electron chi connectivity index (χ0n) is 17.0. The number of thiophene rings is 1. The Morgan fingerprint density at radius 3 is 2.56 bits per heavy atom. The molecule has 0 fully saturated rings. The highest BCUT2D eigenvalue weighted by Crippen LogP contribution is 2.32. The van der Waals surface area contributed by atoms with Crippen LogP contribution >= 0.6 is 11.3 Å². The van der Waals surface area contributed by atoms with Crippen molar-refractivity contribution in [2.45, 2.75) is 6.42 Å². The van der Waals surface area contributed by atoms with E-state index in [2.05, 4.69) is 10.6 Å². The molecule has 0 saturated heterocycles. The van der Waals surface area contributed by atoms with E-state index in [1.54, 1.807) is 53.9 Å². The lowest BCUT2D eigenvalue weighted by Gasteiger charge is -2.12. The van der Waals surface area contributed by atoms with Crippen LogP contribution in [0.5, 0.6) is 11.5 Å². The van der Waals surface area contributed by atoms with Gasteiger partial charge in [-0.1, -0.05) is 18.2 Å². The molecule has 0 radical (unpaired) electrons. The predicted octanol–water partition coefficient (Wildman–Crippen LogP) is 3.96. The standard InChI is InChI=1S/C23H20N2O6S/c26-21(24-15-8-9-18-19(13-15)30-11-4-10-29-18)14-31-23(28)16-5-1-2-6-17(16)25-22(27)20-7-3-12-32-20/h1-3,5-9,12-13H,4,10-11,14H2,(H,24,26)(H,25,27). The number of carbonyl (C=O) groups excluding carboxylic acids is 3. The largest absolute Gasteiger partial charge is 0.490 e. The first-order valence-corrected chi connectivity index (χ1v) is 10.8. The molecule has 2 amide bonds. The van der Waals surface area contributed by atoms with Gasteiger partial charge in [-0.15, -0.1) is 11.3 Å². The van der Waals surface area contributed by atoms with Crippen molar-refractivity contribution >= 4 is 40.5 Å². The number of nitrogens with one attached hydrogen (secondary N) is 2. The highest BCUT2D eigenvalue weighted by molar-refractivity contribution is 7.12. The SMILES string of the molecule is O=C(COC(=O)c1ccccc1NC(=O)c1cccs1)Nc1ccc2c(c1)OCCCO2. The van der Waals surface area contributed by atoms with Crippen molar-refractivity contribution < 1.29 is 28.6 Å². The van der Waals surface area contributed by atoms with Gasteiger partial charge in [0.15, 0.2) is 18.1 Å². The maximum atomic E-state index is 12.5. The van der Waals surface area contributed by atoms with Gasteiger partial charge in [0.1, 0.15) is 0 Å². The quantitative estimate of drug-likeness (QED) is 0.549. The molecule has 9 heteroatoms. The first-order valence-electron chi connectivity index (χ1n) is 9.90. The average molecular weight is 452 g/mol. The molecule has 0 spiro atoms. The molecule has 1 aliphatic heterocycles. The number of fused-ring (bicyclic) bond motifs is 1. The molecule has 2 heterocycles. The lowest BCUT2D eigenvalue weighted by atomic mass is 10.1. The minimum atomic E-state index is -0.721. The minimum Gasteiger partial charge on any atom is -0.490 e. The van der Waals surface area contributed by atoms with Crippen LogP contribution in [0.2, 0.25) is 0 Å². The Morgan fingerprint density at radius 1 is 0.938 bits per heavy atom. The van der Waals surface area contributed by atoms with Crippen LogP contribution in [0.1, 0.15) is 26.5 Å². The van der Waals surface area contributed by atoms with Crippen molar-refractivity contribution in [3.8, 4) is 11.5 Å². The summed E-state index contributed by atoms with van der Waals surface area (Å²) < 4.78 is 16.3. The third kappa shape index (κ3) is 5.25. The van der Waals surface area contributed by atoms with E-state index in [0.29, 0.717) is 41.0 Å². The molecule has 2 aromatic carbocycles. The molecular weight excluding hydrogens is 432 g/mol. The minimum absolute atomic E-state index is 0.154. The van der Waals surface area contributed by atoms with E-state index in [4.69, 9.17) is 14.2 Å². The molecule has 0 saturated carbocycles. The molecule has 0 atom stereocenters. The van der Waals surface area contributed by atoms with Crippen molar-refractivity contribution in [2.75, 3.05) is 30.5 Å². The summed E-state index contributed by atoms with van der Waals surface area (Å²) in [5.74, 6) is -0.387. The van der Waals surface area contributed by atoms with E-state index >= 15 is 0 Å². The van der Waals surface area contributed by atoms with Crippen LogP contribution in [-0.4, -0.2) is 37.6 Å². The van der Waals surface area contributed by atoms with Crippen molar-refractivity contribution in [1.82, 2.24) is 0 Å². The summed E-state index contributed by atoms with van der Waals surface area (Å²) in [4.78, 5) is 37.6. The van der Waals surface area contributed by atoms with Gasteiger partial charge in [-0.3, -0.25) is 9.59 Å². The predicted molar refractivity (Wildman–Crippen MR) is 120 cm³/mol. The van der Waals surface area contributed by atoms with Crippen molar-refractivity contribution in [3.05, 3.63) is 70.4 Å². The van der Waals surface area contributed by atoms with Gasteiger partial charge in [0.25, 0.3) is 11.8 Å². The Morgan fingerprint density at radius 2 is 1.75 bits per heavy atom. The summed E-state index contributed by atoms with van der Waals surface area (Å²) in [6.45, 7) is 0.620. The van der Waals surface area contributed by atoms with E-state index in [9.17, 15) is 14.4 Å². The van der Waals surface area contributed by atoms with Crippen LogP contribution in [0.25, 0.3) is 0 Å². The Labute approximate surface area is 188 Å². The van der Waals surface area contributed by atoms with Gasteiger partial charge in [0, 0.05) is 18.2 Å². The molecule has 164 valence electrons. The lowest BCUT2D eigenvalue weighted by Crippen LogP contribution is -2.22. The zero-order valence-corrected chi connectivity index (χ0v) is 17.8. The second kappa shape index (κ2) is 9.97. The summed E-state index contributed by atoms with van der Waals surface area (Å²) in [6, 6.07) is 15.0. The summed E-state index contributed by atoms with van der Waals surface area (Å²) in [6.07, 6.45) is 0.779. The second-order valence-corrected chi connectivity index (χ2v) is 7.76. The first-order chi connectivity index (χ1) is 15.6. The molecule has 3 aromatic rings. The Bertz CT molecular complexity index is 1130. The van der Waals surface area contributed by atoms with Crippen LogP contribution < -0.4 is 20.1 Å². The van der Waals surface area contributed by atoms with Crippen LogP contribution in [0, 0.1) is 0 Å². The molecule has 8 nitrogen and oxygen atoms in total. The van der Waals surface area contributed by atoms with Gasteiger partial charge in [-0.05, 0) is 35.7 Å². The molecule has 0 aliphatic carbocycles. The maximum Gasteiger partial charge on any atom is 0.340 e. The second-order valence-electron chi connectivity index (χ2n) is 6.81. The third-order valence-corrected chi connectivity index (χ3v) is 5.37. The highest BCUT2D eigenvalue weighted by Gasteiger charge is 2.17. The number of hydrogen-bond donors (Lipinski definition) is 2. The van der Waals surface area contributed by atoms with Crippen LogP contribution in [0.15, 0.2) is 60.0 Å². The van der Waals surface area contributed by atoms with E-state index in [0.717, 1.165) is 6.42 Å². The number of para-hydroxylation sites is 1. The number of hydrogen-bond acceptors (Lipinski definition) is 7. The van der Waals surface area contributed by atoms with Crippen LogP contribution in [0.4, 0.5) is 11.4 Å². The maximum absolute atomic E-state index is 12.5. The molecule has 0 bridgehead atoms. The van der Waals surface area contributed by atoms with E-state index < -0.39 is 18.5 Å². The summed E-state index contributed by atoms with van der Waals surface area (Å²) in [5.41, 5.74) is 0.957. The number of carbonyl (C=O) groups is 3. The van der Waals surface area contributed by atoms with Crippen molar-refractivity contribution in [2.24, 2.45) is 0 Å². The smallest absolute Gasteiger partial charge is 0.340 e. The lowest BCUT2D eigenvalue weighted by molar-refractivity contribution is -0.119. The molecule has 1 aliphatic rings. The van der Waals surface area contributed by atoms with Gasteiger partial charge in [0.05, 0.1) is 29.3 Å². The number of ether oxygens (including phenoxy) is 3. The van der Waals surface area contributed by atoms with Crippen molar-refractivity contribution in [1.29, 1.82) is 0 Å². The van der Waals surface area contributed by atoms with Gasteiger partial charge >= 0.3 is 5.97 Å². The fraction of sp³-hybridized carbons (Fsp3) is 0.174. The fourth-order valence-electron chi connectivity index (χ4n) is 3.01. The molecule has 0 unspecified atom stereocenters. The average Bonchev–Trinajstić information content (AvgIpc) is 3.24. The monoisotopic (exact) mass is 452 g/mol. The number of rotatable bonds is 6. The van der Waals surface area contributed by atoms with E-state index in [1.807, 2.05) is 0 Å². The zero-order chi connectivity index (χ0) is 22.3. The van der Waals surface area contributed by atoms with Gasteiger partial charge in [0.2, 0.25) is 0 Å². The van der Waals surface area contributed by atoms with Gasteiger partial charge in [-0.2, -0.15) is 0 Å². The van der Waals surface area contributed by atoms with Gasteiger partial charge < -0.3 is 24.8 Å². The molecule has 4 rings (SSSR count). The Hall–Kier alpha value is -3.85. The van der Waals surface area contributed by atoms with Gasteiger partial charge in [-0.25, -0.2) is 4.79 Å². The normalized spacial score (nSPS) is 12.4. The first kappa shape index (κ1) is 21.4.